The summed E-state index contributed by atoms with van der Waals surface area (Å²) in [5, 5.41) is 23.3. The number of fused-ring (bicyclic) bond motifs is 1. The van der Waals surface area contributed by atoms with Crippen molar-refractivity contribution in [2.75, 3.05) is 0 Å². The molecule has 5 heteroatoms. The predicted octanol–water partition coefficient (Wildman–Crippen LogP) is -0.438. The van der Waals surface area contributed by atoms with E-state index in [-0.39, 0.29) is 0 Å². The summed E-state index contributed by atoms with van der Waals surface area (Å²) in [4.78, 5) is 0. The van der Waals surface area contributed by atoms with Crippen LogP contribution in [0, 0.1) is 6.92 Å². The molecule has 2 rings (SSSR count). The molecule has 0 bridgehead atoms. The van der Waals surface area contributed by atoms with Gasteiger partial charge < -0.3 is 10.0 Å². The molecule has 4 nitrogen and oxygen atoms in total. The Morgan fingerprint density at radius 1 is 1.36 bits per heavy atom. The molecule has 0 saturated carbocycles. The van der Waals surface area contributed by atoms with Gasteiger partial charge in [-0.2, -0.15) is 5.10 Å². The van der Waals surface area contributed by atoms with Crippen LogP contribution in [0.2, 0.25) is 0 Å². The van der Waals surface area contributed by atoms with E-state index in [9.17, 15) is 0 Å². The summed E-state index contributed by atoms with van der Waals surface area (Å²) in [6.07, 6.45) is 1.76. The third kappa shape index (κ3) is 1.30. The summed E-state index contributed by atoms with van der Waals surface area (Å²) >= 11 is 0. The maximum Gasteiger partial charge on any atom is 0.488 e. The van der Waals surface area contributed by atoms with Crippen molar-refractivity contribution in [2.24, 2.45) is 7.05 Å². The molecule has 14 heavy (non-hydrogen) atoms. The molecule has 0 amide bonds. The van der Waals surface area contributed by atoms with Gasteiger partial charge in [0.2, 0.25) is 0 Å². The van der Waals surface area contributed by atoms with Crippen molar-refractivity contribution in [1.82, 2.24) is 9.78 Å². The average molecular weight is 190 g/mol. The monoisotopic (exact) mass is 190 g/mol. The van der Waals surface area contributed by atoms with Gasteiger partial charge in [-0.3, -0.25) is 4.68 Å². The average Bonchev–Trinajstić information content (AvgIpc) is 2.46. The van der Waals surface area contributed by atoms with Gasteiger partial charge in [0.15, 0.2) is 0 Å². The van der Waals surface area contributed by atoms with Crippen molar-refractivity contribution in [2.45, 2.75) is 6.92 Å². The zero-order valence-electron chi connectivity index (χ0n) is 8.10. The second-order valence-corrected chi connectivity index (χ2v) is 3.41. The lowest BCUT2D eigenvalue weighted by Gasteiger charge is -2.05. The van der Waals surface area contributed by atoms with Crippen LogP contribution in [-0.2, 0) is 7.05 Å². The minimum atomic E-state index is -1.42. The first-order chi connectivity index (χ1) is 6.59. The third-order valence-corrected chi connectivity index (χ3v) is 2.41. The van der Waals surface area contributed by atoms with Crippen molar-refractivity contribution in [3.63, 3.8) is 0 Å². The number of benzene rings is 1. The lowest BCUT2D eigenvalue weighted by molar-refractivity contribution is 0.425. The minimum Gasteiger partial charge on any atom is -0.423 e. The molecule has 0 aliphatic rings. The molecule has 0 radical (unpaired) electrons. The zero-order valence-corrected chi connectivity index (χ0v) is 8.10. The number of nitrogens with zero attached hydrogens (tertiary/aromatic N) is 2. The lowest BCUT2D eigenvalue weighted by atomic mass is 9.77. The molecule has 2 aromatic rings. The summed E-state index contributed by atoms with van der Waals surface area (Å²) in [5.74, 6) is 0. The van der Waals surface area contributed by atoms with Crippen molar-refractivity contribution in [1.29, 1.82) is 0 Å². The van der Waals surface area contributed by atoms with Gasteiger partial charge in [0.1, 0.15) is 0 Å². The Kier molecular flexibility index (Phi) is 2.05. The summed E-state index contributed by atoms with van der Waals surface area (Å²) in [7, 11) is 0.403. The van der Waals surface area contributed by atoms with Crippen LogP contribution in [0.1, 0.15) is 5.56 Å². The maximum atomic E-state index is 9.12. The predicted molar refractivity (Wildman–Crippen MR) is 55.3 cm³/mol. The van der Waals surface area contributed by atoms with E-state index in [4.69, 9.17) is 10.0 Å². The van der Waals surface area contributed by atoms with Gasteiger partial charge in [0.05, 0.1) is 11.7 Å². The molecule has 0 saturated heterocycles. The molecule has 0 fully saturated rings. The number of hydrogen-bond acceptors (Lipinski definition) is 3. The summed E-state index contributed by atoms with van der Waals surface area (Å²) in [5.41, 5.74) is 2.29. The van der Waals surface area contributed by atoms with Gasteiger partial charge in [-0.25, -0.2) is 0 Å². The fraction of sp³-hybridized carbons (Fsp3) is 0.222. The fourth-order valence-electron chi connectivity index (χ4n) is 1.61. The second-order valence-electron chi connectivity index (χ2n) is 3.41. The Balaban J connectivity index is 2.74. The fourth-order valence-corrected chi connectivity index (χ4v) is 1.61. The van der Waals surface area contributed by atoms with Crippen LogP contribution in [0.15, 0.2) is 18.3 Å². The third-order valence-electron chi connectivity index (χ3n) is 2.41. The summed E-state index contributed by atoms with van der Waals surface area (Å²) < 4.78 is 1.71. The highest BCUT2D eigenvalue weighted by Crippen LogP contribution is 2.12. The van der Waals surface area contributed by atoms with Crippen molar-refractivity contribution in [3.8, 4) is 0 Å². The highest BCUT2D eigenvalue weighted by molar-refractivity contribution is 6.59. The first-order valence-corrected chi connectivity index (χ1v) is 4.38. The molecular weight excluding hydrogens is 179 g/mol. The second kappa shape index (κ2) is 3.11. The molecule has 2 N–H and O–H groups in total. The van der Waals surface area contributed by atoms with Gasteiger partial charge in [0, 0.05) is 12.4 Å². The molecule has 72 valence electrons. The van der Waals surface area contributed by atoms with Crippen molar-refractivity contribution >= 4 is 23.5 Å². The number of aryl methyl sites for hydroxylation is 2. The molecule has 1 aromatic carbocycles. The topological polar surface area (TPSA) is 58.3 Å². The summed E-state index contributed by atoms with van der Waals surface area (Å²) in [6.45, 7) is 1.85. The molecule has 0 spiro atoms. The van der Waals surface area contributed by atoms with E-state index in [0.29, 0.717) is 5.46 Å². The largest absolute Gasteiger partial charge is 0.488 e. The van der Waals surface area contributed by atoms with Gasteiger partial charge >= 0.3 is 7.12 Å². The van der Waals surface area contributed by atoms with E-state index in [1.165, 1.54) is 0 Å². The quantitative estimate of drug-likeness (QED) is 0.599. The number of hydrogen-bond donors (Lipinski definition) is 2. The smallest absolute Gasteiger partial charge is 0.423 e. The Labute approximate surface area is 81.9 Å². The normalized spacial score (nSPS) is 10.9. The lowest BCUT2D eigenvalue weighted by Crippen LogP contribution is -2.32. The van der Waals surface area contributed by atoms with Gasteiger partial charge in [-0.05, 0) is 24.5 Å². The number of rotatable bonds is 1. The maximum absolute atomic E-state index is 9.12. The van der Waals surface area contributed by atoms with Crippen LogP contribution < -0.4 is 5.46 Å². The Morgan fingerprint density at radius 3 is 2.71 bits per heavy atom. The van der Waals surface area contributed by atoms with Crippen LogP contribution in [0.3, 0.4) is 0 Å². The SMILES string of the molecule is Cc1cc2cnn(C)c2cc1B(O)O. The molecule has 1 heterocycles. The van der Waals surface area contributed by atoms with E-state index in [1.807, 2.05) is 20.0 Å². The highest BCUT2D eigenvalue weighted by atomic mass is 16.4. The first kappa shape index (κ1) is 9.24. The van der Waals surface area contributed by atoms with Crippen LogP contribution in [0.5, 0.6) is 0 Å². The molecule has 0 aliphatic heterocycles. The van der Waals surface area contributed by atoms with Crippen LogP contribution in [-0.4, -0.2) is 26.9 Å². The zero-order chi connectivity index (χ0) is 10.3. The molecule has 1 aromatic heterocycles. The van der Waals surface area contributed by atoms with Gasteiger partial charge in [-0.1, -0.05) is 5.56 Å². The summed E-state index contributed by atoms with van der Waals surface area (Å²) in [6, 6.07) is 3.65. The highest BCUT2D eigenvalue weighted by Gasteiger charge is 2.15. The van der Waals surface area contributed by atoms with Gasteiger partial charge in [0.25, 0.3) is 0 Å². The standard InChI is InChI=1S/C9H11BN2O2/c1-6-3-7-5-11-12(2)9(7)4-8(6)10(13)14/h3-5,13-14H,1-2H3. The van der Waals surface area contributed by atoms with Crippen LogP contribution >= 0.6 is 0 Å². The molecule has 0 unspecified atom stereocenters. The van der Waals surface area contributed by atoms with Gasteiger partial charge in [-0.15, -0.1) is 0 Å². The Morgan fingerprint density at radius 2 is 2.07 bits per heavy atom. The van der Waals surface area contributed by atoms with Crippen molar-refractivity contribution < 1.29 is 10.0 Å². The van der Waals surface area contributed by atoms with Crippen LogP contribution in [0.25, 0.3) is 10.9 Å². The van der Waals surface area contributed by atoms with E-state index in [0.717, 1.165) is 16.5 Å². The first-order valence-electron chi connectivity index (χ1n) is 4.38. The Hall–Kier alpha value is -1.33. The Bertz CT molecular complexity index is 479. The van der Waals surface area contributed by atoms with E-state index < -0.39 is 7.12 Å². The van der Waals surface area contributed by atoms with Crippen molar-refractivity contribution in [3.05, 3.63) is 23.9 Å². The molecule has 0 atom stereocenters. The molecule has 0 aliphatic carbocycles. The van der Waals surface area contributed by atoms with E-state index in [2.05, 4.69) is 5.10 Å². The van der Waals surface area contributed by atoms with E-state index in [1.54, 1.807) is 16.9 Å². The van der Waals surface area contributed by atoms with E-state index >= 15 is 0 Å². The number of aromatic nitrogens is 2. The minimum absolute atomic E-state index is 0.529. The van der Waals surface area contributed by atoms with Crippen LogP contribution in [0.4, 0.5) is 0 Å². The molecular formula is C9H11BN2O2.